The molecule has 0 bridgehead atoms. The lowest BCUT2D eigenvalue weighted by atomic mass is 9.97. The van der Waals surface area contributed by atoms with Crippen LogP contribution in [0.2, 0.25) is 0 Å². The minimum atomic E-state index is -1.15. The lowest BCUT2D eigenvalue weighted by molar-refractivity contribution is -0.142. The van der Waals surface area contributed by atoms with E-state index in [1.165, 1.54) is 6.92 Å². The van der Waals surface area contributed by atoms with Crippen LogP contribution in [0.3, 0.4) is 0 Å². The summed E-state index contributed by atoms with van der Waals surface area (Å²) >= 11 is 0. The molecule has 0 saturated heterocycles. The average molecular weight is 281 g/mol. The molecule has 0 aliphatic rings. The Balaban J connectivity index is 2.23. The van der Waals surface area contributed by atoms with E-state index in [1.807, 2.05) is 31.2 Å². The number of benzene rings is 1. The third-order valence-corrected chi connectivity index (χ3v) is 2.98. The number of hydrogen-bond donors (Lipinski definition) is 2. The highest BCUT2D eigenvalue weighted by Crippen LogP contribution is 2.18. The van der Waals surface area contributed by atoms with E-state index in [9.17, 15) is 4.79 Å². The minimum absolute atomic E-state index is 0.439. The van der Waals surface area contributed by atoms with Gasteiger partial charge in [0, 0.05) is 0 Å². The summed E-state index contributed by atoms with van der Waals surface area (Å²) in [6.07, 6.45) is 1.93. The molecular weight excluding hydrogens is 258 g/mol. The van der Waals surface area contributed by atoms with E-state index in [1.54, 1.807) is 0 Å². The molecule has 5 heteroatoms. The number of carboxylic acid groups (broad SMARTS) is 1. The van der Waals surface area contributed by atoms with E-state index < -0.39 is 11.5 Å². The smallest absolute Gasteiger partial charge is 0.323 e. The van der Waals surface area contributed by atoms with E-state index >= 15 is 0 Å². The zero-order chi connectivity index (χ0) is 15.0. The topological polar surface area (TPSA) is 81.8 Å². The van der Waals surface area contributed by atoms with Gasteiger partial charge in [-0.1, -0.05) is 0 Å². The Kier molecular flexibility index (Phi) is 6.31. The first-order valence-electron chi connectivity index (χ1n) is 6.83. The molecule has 0 aliphatic heterocycles. The first-order valence-corrected chi connectivity index (χ1v) is 6.83. The maximum atomic E-state index is 10.8. The van der Waals surface area contributed by atoms with Crippen molar-refractivity contribution >= 4 is 5.97 Å². The standard InChI is InChI=1S/C15H23NO4/c1-3-19-12-6-8-13(9-7-12)20-11-5-4-10-15(2,16)14(17)18/h6-9H,3-5,10-11,16H2,1-2H3,(H,17,18). The first-order chi connectivity index (χ1) is 9.45. The number of ether oxygens (including phenoxy) is 2. The Morgan fingerprint density at radius 3 is 2.25 bits per heavy atom. The van der Waals surface area contributed by atoms with Crippen molar-refractivity contribution in [2.75, 3.05) is 13.2 Å². The summed E-state index contributed by atoms with van der Waals surface area (Å²) in [6.45, 7) is 4.65. The second-order valence-corrected chi connectivity index (χ2v) is 4.93. The molecule has 0 aromatic heterocycles. The summed E-state index contributed by atoms with van der Waals surface area (Å²) in [4.78, 5) is 10.8. The molecule has 1 aromatic rings. The van der Waals surface area contributed by atoms with Gasteiger partial charge in [0.15, 0.2) is 0 Å². The van der Waals surface area contributed by atoms with Gasteiger partial charge in [-0.3, -0.25) is 4.79 Å². The Morgan fingerprint density at radius 1 is 1.20 bits per heavy atom. The maximum absolute atomic E-state index is 10.8. The quantitative estimate of drug-likeness (QED) is 0.679. The molecule has 1 unspecified atom stereocenters. The van der Waals surface area contributed by atoms with Crippen LogP contribution in [0.5, 0.6) is 11.5 Å². The molecule has 20 heavy (non-hydrogen) atoms. The van der Waals surface area contributed by atoms with Gasteiger partial charge in [0.25, 0.3) is 0 Å². The average Bonchev–Trinajstić information content (AvgIpc) is 2.40. The number of rotatable bonds is 9. The maximum Gasteiger partial charge on any atom is 0.323 e. The highest BCUT2D eigenvalue weighted by atomic mass is 16.5. The fourth-order valence-electron chi connectivity index (χ4n) is 1.69. The van der Waals surface area contributed by atoms with Crippen LogP contribution >= 0.6 is 0 Å². The predicted molar refractivity (Wildman–Crippen MR) is 77.2 cm³/mol. The number of nitrogens with two attached hydrogens (primary N) is 1. The van der Waals surface area contributed by atoms with E-state index in [4.69, 9.17) is 20.3 Å². The lowest BCUT2D eigenvalue weighted by Crippen LogP contribution is -2.44. The van der Waals surface area contributed by atoms with Crippen LogP contribution in [-0.2, 0) is 4.79 Å². The Labute approximate surface area is 119 Å². The van der Waals surface area contributed by atoms with Crippen molar-refractivity contribution in [2.24, 2.45) is 5.73 Å². The normalized spacial score (nSPS) is 13.6. The highest BCUT2D eigenvalue weighted by molar-refractivity contribution is 5.77. The monoisotopic (exact) mass is 281 g/mol. The number of carboxylic acids is 1. The van der Waals surface area contributed by atoms with E-state index in [0.717, 1.165) is 24.3 Å². The third kappa shape index (κ3) is 5.48. The first kappa shape index (κ1) is 16.3. The lowest BCUT2D eigenvalue weighted by Gasteiger charge is -2.18. The third-order valence-electron chi connectivity index (χ3n) is 2.98. The summed E-state index contributed by atoms with van der Waals surface area (Å²) in [5, 5.41) is 8.88. The minimum Gasteiger partial charge on any atom is -0.494 e. The summed E-state index contributed by atoms with van der Waals surface area (Å²) in [5.41, 5.74) is 4.49. The van der Waals surface area contributed by atoms with Gasteiger partial charge in [-0.2, -0.15) is 0 Å². The molecule has 0 heterocycles. The summed E-state index contributed by atoms with van der Waals surface area (Å²) in [6, 6.07) is 7.44. The van der Waals surface area contributed by atoms with Crippen LogP contribution in [0, 0.1) is 0 Å². The van der Waals surface area contributed by atoms with Gasteiger partial charge in [0.1, 0.15) is 17.0 Å². The SMILES string of the molecule is CCOc1ccc(OCCCCC(C)(N)C(=O)O)cc1. The van der Waals surface area contributed by atoms with Gasteiger partial charge in [0.05, 0.1) is 13.2 Å². The number of unbranched alkanes of at least 4 members (excludes halogenated alkanes) is 1. The van der Waals surface area contributed by atoms with Gasteiger partial charge >= 0.3 is 5.97 Å². The molecule has 0 saturated carbocycles. The van der Waals surface area contributed by atoms with Crippen molar-refractivity contribution in [3.05, 3.63) is 24.3 Å². The molecule has 1 atom stereocenters. The van der Waals surface area contributed by atoms with Crippen LogP contribution in [-0.4, -0.2) is 29.8 Å². The van der Waals surface area contributed by atoms with Gasteiger partial charge in [-0.15, -0.1) is 0 Å². The van der Waals surface area contributed by atoms with E-state index in [2.05, 4.69) is 0 Å². The summed E-state index contributed by atoms with van der Waals surface area (Å²) < 4.78 is 10.9. The zero-order valence-electron chi connectivity index (χ0n) is 12.1. The summed E-state index contributed by atoms with van der Waals surface area (Å²) in [5.74, 6) is 0.632. The second-order valence-electron chi connectivity index (χ2n) is 4.93. The number of carbonyl (C=O) groups is 1. The number of hydrogen-bond acceptors (Lipinski definition) is 4. The van der Waals surface area contributed by atoms with Crippen molar-refractivity contribution in [2.45, 2.75) is 38.6 Å². The Morgan fingerprint density at radius 2 is 1.75 bits per heavy atom. The molecule has 1 rings (SSSR count). The molecule has 1 aromatic carbocycles. The van der Waals surface area contributed by atoms with E-state index in [-0.39, 0.29) is 0 Å². The van der Waals surface area contributed by atoms with Gasteiger partial charge in [0.2, 0.25) is 0 Å². The molecule has 0 radical (unpaired) electrons. The second kappa shape index (κ2) is 7.75. The fraction of sp³-hybridized carbons (Fsp3) is 0.533. The molecule has 0 fully saturated rings. The van der Waals surface area contributed by atoms with Crippen molar-refractivity contribution in [3.8, 4) is 11.5 Å². The molecule has 5 nitrogen and oxygen atoms in total. The van der Waals surface area contributed by atoms with Gasteiger partial charge in [-0.25, -0.2) is 0 Å². The van der Waals surface area contributed by atoms with Crippen molar-refractivity contribution < 1.29 is 19.4 Å². The molecule has 0 aliphatic carbocycles. The molecule has 0 spiro atoms. The fourth-order valence-corrected chi connectivity index (χ4v) is 1.69. The predicted octanol–water partition coefficient (Wildman–Crippen LogP) is 2.44. The van der Waals surface area contributed by atoms with Crippen molar-refractivity contribution in [1.29, 1.82) is 0 Å². The zero-order valence-corrected chi connectivity index (χ0v) is 12.1. The van der Waals surface area contributed by atoms with Crippen molar-refractivity contribution in [1.82, 2.24) is 0 Å². The molecular formula is C15H23NO4. The molecule has 0 amide bonds. The van der Waals surface area contributed by atoms with Crippen LogP contribution in [0.1, 0.15) is 33.1 Å². The van der Waals surface area contributed by atoms with Crippen LogP contribution < -0.4 is 15.2 Å². The number of aliphatic carboxylic acids is 1. The van der Waals surface area contributed by atoms with Crippen LogP contribution in [0.25, 0.3) is 0 Å². The van der Waals surface area contributed by atoms with Gasteiger partial charge < -0.3 is 20.3 Å². The summed E-state index contributed by atoms with van der Waals surface area (Å²) in [7, 11) is 0. The van der Waals surface area contributed by atoms with Gasteiger partial charge in [-0.05, 0) is 57.4 Å². The van der Waals surface area contributed by atoms with Crippen LogP contribution in [0.15, 0.2) is 24.3 Å². The molecule has 3 N–H and O–H groups in total. The largest absolute Gasteiger partial charge is 0.494 e. The van der Waals surface area contributed by atoms with E-state index in [0.29, 0.717) is 19.6 Å². The molecule has 112 valence electrons. The van der Waals surface area contributed by atoms with Crippen molar-refractivity contribution in [3.63, 3.8) is 0 Å². The Hall–Kier alpha value is -1.75. The van der Waals surface area contributed by atoms with Crippen LogP contribution in [0.4, 0.5) is 0 Å². The Bertz CT molecular complexity index is 414. The highest BCUT2D eigenvalue weighted by Gasteiger charge is 2.26.